The van der Waals surface area contributed by atoms with Gasteiger partial charge in [-0.05, 0) is 43.1 Å². The molecule has 3 N–H and O–H groups in total. The van der Waals surface area contributed by atoms with E-state index in [0.717, 1.165) is 18.6 Å². The molecule has 1 aliphatic carbocycles. The first-order chi connectivity index (χ1) is 11.1. The maximum atomic E-state index is 11.8. The highest BCUT2D eigenvalue weighted by molar-refractivity contribution is 7.99. The first kappa shape index (κ1) is 18.1. The lowest BCUT2D eigenvalue weighted by Gasteiger charge is -2.24. The van der Waals surface area contributed by atoms with Crippen LogP contribution in [0.25, 0.3) is 0 Å². The molecule has 1 amide bonds. The molecule has 0 spiro atoms. The first-order valence-corrected chi connectivity index (χ1v) is 9.69. The third-order valence-electron chi connectivity index (χ3n) is 4.01. The topological polar surface area (TPSA) is 53.2 Å². The second-order valence-corrected chi connectivity index (χ2v) is 7.29. The number of rotatable bonds is 5. The van der Waals surface area contributed by atoms with Crippen LogP contribution in [-0.2, 0) is 10.5 Å². The summed E-state index contributed by atoms with van der Waals surface area (Å²) in [5.74, 6) is 1.19. The second kappa shape index (κ2) is 9.78. The third kappa shape index (κ3) is 6.79. The Hall–Kier alpha value is -1.27. The molecule has 0 saturated heterocycles. The first-order valence-electron chi connectivity index (χ1n) is 8.13. The molecule has 4 nitrogen and oxygen atoms in total. The molecule has 1 saturated carbocycles. The van der Waals surface area contributed by atoms with Crippen LogP contribution in [0.5, 0.6) is 0 Å². The van der Waals surface area contributed by atoms with Gasteiger partial charge in [-0.1, -0.05) is 43.5 Å². The van der Waals surface area contributed by atoms with Gasteiger partial charge in [0.2, 0.25) is 5.91 Å². The Morgan fingerprint density at radius 1 is 1.22 bits per heavy atom. The van der Waals surface area contributed by atoms with Gasteiger partial charge in [0.05, 0.1) is 5.75 Å². The number of aryl methyl sites for hydroxylation is 1. The Kier molecular flexibility index (Phi) is 7.68. The van der Waals surface area contributed by atoms with Crippen LogP contribution in [0.3, 0.4) is 0 Å². The van der Waals surface area contributed by atoms with Crippen LogP contribution >= 0.6 is 24.0 Å². The number of carbonyl (C=O) groups is 1. The molecule has 1 aromatic carbocycles. The molecule has 1 aromatic rings. The van der Waals surface area contributed by atoms with Crippen molar-refractivity contribution in [1.29, 1.82) is 0 Å². The molecular formula is C17H25N3OS2. The summed E-state index contributed by atoms with van der Waals surface area (Å²) < 4.78 is 0. The zero-order valence-corrected chi connectivity index (χ0v) is 15.2. The zero-order chi connectivity index (χ0) is 16.5. The van der Waals surface area contributed by atoms with E-state index in [1.807, 2.05) is 12.1 Å². The van der Waals surface area contributed by atoms with Crippen LogP contribution in [0.1, 0.15) is 43.2 Å². The van der Waals surface area contributed by atoms with Crippen molar-refractivity contribution in [3.63, 3.8) is 0 Å². The highest BCUT2D eigenvalue weighted by Crippen LogP contribution is 2.17. The van der Waals surface area contributed by atoms with Crippen molar-refractivity contribution in [2.24, 2.45) is 0 Å². The van der Waals surface area contributed by atoms with Crippen LogP contribution in [0.2, 0.25) is 0 Å². The minimum absolute atomic E-state index is 0.0589. The number of hydrogen-bond donors (Lipinski definition) is 3. The van der Waals surface area contributed by atoms with Gasteiger partial charge in [0, 0.05) is 11.8 Å². The molecule has 1 aliphatic rings. The molecule has 0 heterocycles. The molecule has 0 aliphatic heterocycles. The molecule has 0 unspecified atom stereocenters. The molecule has 23 heavy (non-hydrogen) atoms. The fraction of sp³-hybridized carbons (Fsp3) is 0.529. The summed E-state index contributed by atoms with van der Waals surface area (Å²) in [5, 5.41) is 3.77. The number of hydrazine groups is 1. The molecule has 2 rings (SSSR count). The van der Waals surface area contributed by atoms with E-state index < -0.39 is 0 Å². The van der Waals surface area contributed by atoms with E-state index in [1.54, 1.807) is 11.8 Å². The predicted molar refractivity (Wildman–Crippen MR) is 101 cm³/mol. The van der Waals surface area contributed by atoms with Crippen molar-refractivity contribution >= 4 is 35.0 Å². The molecule has 126 valence electrons. The number of amides is 1. The van der Waals surface area contributed by atoms with Gasteiger partial charge in [-0.25, -0.2) is 0 Å². The Bertz CT molecular complexity index is 530. The summed E-state index contributed by atoms with van der Waals surface area (Å²) in [6, 6.07) is 8.69. The van der Waals surface area contributed by atoms with Gasteiger partial charge in [-0.15, -0.1) is 11.8 Å². The minimum atomic E-state index is -0.0589. The van der Waals surface area contributed by atoms with E-state index in [1.165, 1.54) is 30.4 Å². The highest BCUT2D eigenvalue weighted by atomic mass is 32.2. The smallest absolute Gasteiger partial charge is 0.248 e. The number of hydrogen-bond acceptors (Lipinski definition) is 3. The summed E-state index contributed by atoms with van der Waals surface area (Å²) >= 11 is 6.82. The Morgan fingerprint density at radius 2 is 1.96 bits per heavy atom. The lowest BCUT2D eigenvalue weighted by atomic mass is 9.96. The van der Waals surface area contributed by atoms with Crippen molar-refractivity contribution in [3.05, 3.63) is 35.4 Å². The summed E-state index contributed by atoms with van der Waals surface area (Å²) in [5.41, 5.74) is 7.99. The van der Waals surface area contributed by atoms with E-state index in [-0.39, 0.29) is 5.91 Å². The highest BCUT2D eigenvalue weighted by Gasteiger charge is 2.14. The average Bonchev–Trinajstić information content (AvgIpc) is 2.56. The van der Waals surface area contributed by atoms with Crippen molar-refractivity contribution < 1.29 is 4.79 Å². The number of benzene rings is 1. The summed E-state index contributed by atoms with van der Waals surface area (Å²) in [6.07, 6.45) is 6.13. The maximum absolute atomic E-state index is 11.8. The van der Waals surface area contributed by atoms with Crippen molar-refractivity contribution in [2.75, 3.05) is 5.75 Å². The summed E-state index contributed by atoms with van der Waals surface area (Å²) in [6.45, 7) is 2.09. The molecule has 1 fully saturated rings. The van der Waals surface area contributed by atoms with Crippen molar-refractivity contribution in [1.82, 2.24) is 16.2 Å². The molecule has 6 heteroatoms. The van der Waals surface area contributed by atoms with Crippen LogP contribution in [0, 0.1) is 6.92 Å². The van der Waals surface area contributed by atoms with E-state index in [9.17, 15) is 4.79 Å². The lowest BCUT2D eigenvalue weighted by molar-refractivity contribution is -0.119. The normalized spacial score (nSPS) is 15.0. The SMILES string of the molecule is Cc1ccccc1CSCC(=O)NNC(=S)NC1CCCCC1. The van der Waals surface area contributed by atoms with E-state index in [0.29, 0.717) is 16.9 Å². The number of thiocarbonyl (C=S) groups is 1. The van der Waals surface area contributed by atoms with Gasteiger partial charge in [0.25, 0.3) is 0 Å². The molecule has 0 aromatic heterocycles. The molecular weight excluding hydrogens is 326 g/mol. The summed E-state index contributed by atoms with van der Waals surface area (Å²) in [7, 11) is 0. The Morgan fingerprint density at radius 3 is 2.70 bits per heavy atom. The van der Waals surface area contributed by atoms with Crippen molar-refractivity contribution in [3.8, 4) is 0 Å². The maximum Gasteiger partial charge on any atom is 0.248 e. The second-order valence-electron chi connectivity index (χ2n) is 5.90. The zero-order valence-electron chi connectivity index (χ0n) is 13.6. The number of carbonyl (C=O) groups excluding carboxylic acids is 1. The number of nitrogens with one attached hydrogen (secondary N) is 3. The quantitative estimate of drug-likeness (QED) is 0.562. The van der Waals surface area contributed by atoms with E-state index in [2.05, 4.69) is 35.2 Å². The predicted octanol–water partition coefficient (Wildman–Crippen LogP) is 3.06. The van der Waals surface area contributed by atoms with Gasteiger partial charge in [-0.2, -0.15) is 0 Å². The fourth-order valence-electron chi connectivity index (χ4n) is 2.66. The van der Waals surface area contributed by atoms with Crippen LogP contribution < -0.4 is 16.2 Å². The van der Waals surface area contributed by atoms with Crippen LogP contribution in [0.15, 0.2) is 24.3 Å². The van der Waals surface area contributed by atoms with Crippen LogP contribution in [0.4, 0.5) is 0 Å². The van der Waals surface area contributed by atoms with Gasteiger partial charge >= 0.3 is 0 Å². The fourth-order valence-corrected chi connectivity index (χ4v) is 3.78. The standard InChI is InChI=1S/C17H25N3OS2/c1-13-7-5-6-8-14(13)11-23-12-16(21)19-20-17(22)18-15-9-3-2-4-10-15/h5-8,15H,2-4,9-12H2,1H3,(H,19,21)(H2,18,20,22). The number of thioether (sulfide) groups is 1. The van der Waals surface area contributed by atoms with Gasteiger partial charge < -0.3 is 5.32 Å². The summed E-state index contributed by atoms with van der Waals surface area (Å²) in [4.78, 5) is 11.8. The average molecular weight is 352 g/mol. The van der Waals surface area contributed by atoms with Gasteiger partial charge in [0.1, 0.15) is 0 Å². The van der Waals surface area contributed by atoms with Crippen LogP contribution in [-0.4, -0.2) is 22.8 Å². The molecule has 0 atom stereocenters. The Labute approximate surface area is 148 Å². The van der Waals surface area contributed by atoms with E-state index in [4.69, 9.17) is 12.2 Å². The van der Waals surface area contributed by atoms with E-state index >= 15 is 0 Å². The van der Waals surface area contributed by atoms with Gasteiger partial charge in [0.15, 0.2) is 5.11 Å². The lowest BCUT2D eigenvalue weighted by Crippen LogP contribution is -2.50. The molecule has 0 bridgehead atoms. The monoisotopic (exact) mass is 351 g/mol. The van der Waals surface area contributed by atoms with Crippen molar-refractivity contribution in [2.45, 2.75) is 50.8 Å². The third-order valence-corrected chi connectivity index (χ3v) is 5.21. The van der Waals surface area contributed by atoms with Gasteiger partial charge in [-0.3, -0.25) is 15.6 Å². The molecule has 0 radical (unpaired) electrons. The minimum Gasteiger partial charge on any atom is -0.359 e. The Balaban J connectivity index is 1.59. The largest absolute Gasteiger partial charge is 0.359 e.